The molecule has 0 aromatic rings. The van der Waals surface area contributed by atoms with Crippen molar-refractivity contribution >= 4 is 0 Å². The van der Waals surface area contributed by atoms with Gasteiger partial charge in [-0.15, -0.1) is 0 Å². The third-order valence-electron chi connectivity index (χ3n) is 4.44. The molecule has 0 aromatic heterocycles. The molecule has 0 amide bonds. The van der Waals surface area contributed by atoms with Crippen LogP contribution in [0.3, 0.4) is 0 Å². The Morgan fingerprint density at radius 3 is 2.44 bits per heavy atom. The zero-order valence-electron chi connectivity index (χ0n) is 13.0. The molecule has 3 atom stereocenters. The zero-order chi connectivity index (χ0) is 13.4. The number of nitrogens with zero attached hydrogens (tertiary/aromatic N) is 1. The third-order valence-corrected chi connectivity index (χ3v) is 4.44. The number of hydrogen-bond acceptors (Lipinski definition) is 2. The van der Waals surface area contributed by atoms with Crippen molar-refractivity contribution < 1.29 is 0 Å². The first-order valence-electron chi connectivity index (χ1n) is 8.23. The molecule has 2 heteroatoms. The van der Waals surface area contributed by atoms with Gasteiger partial charge in [-0.25, -0.2) is 0 Å². The van der Waals surface area contributed by atoms with Gasteiger partial charge in [-0.1, -0.05) is 46.5 Å². The van der Waals surface area contributed by atoms with E-state index in [-0.39, 0.29) is 0 Å². The average molecular weight is 254 g/mol. The summed E-state index contributed by atoms with van der Waals surface area (Å²) < 4.78 is 0. The molecule has 108 valence electrons. The summed E-state index contributed by atoms with van der Waals surface area (Å²) in [5.74, 6) is 0. The lowest BCUT2D eigenvalue weighted by Gasteiger charge is -2.46. The minimum absolute atomic E-state index is 0.661. The van der Waals surface area contributed by atoms with Gasteiger partial charge in [0, 0.05) is 24.7 Å². The minimum Gasteiger partial charge on any atom is -0.311 e. The molecule has 0 saturated carbocycles. The quantitative estimate of drug-likeness (QED) is 0.663. The van der Waals surface area contributed by atoms with Crippen molar-refractivity contribution in [3.63, 3.8) is 0 Å². The largest absolute Gasteiger partial charge is 0.311 e. The molecule has 0 radical (unpaired) electrons. The van der Waals surface area contributed by atoms with Crippen molar-refractivity contribution in [1.29, 1.82) is 0 Å². The smallest absolute Gasteiger partial charge is 0.0247 e. The van der Waals surface area contributed by atoms with Gasteiger partial charge in [0.25, 0.3) is 0 Å². The molecule has 1 N–H and O–H groups in total. The first kappa shape index (κ1) is 16.0. The van der Waals surface area contributed by atoms with Gasteiger partial charge in [0.05, 0.1) is 0 Å². The number of rotatable bonds is 8. The van der Waals surface area contributed by atoms with Gasteiger partial charge in [0.1, 0.15) is 0 Å². The molecule has 0 aromatic carbocycles. The van der Waals surface area contributed by atoms with Crippen LogP contribution in [0.1, 0.15) is 72.6 Å². The Bertz CT molecular complexity index is 205. The Hall–Kier alpha value is -0.0800. The fraction of sp³-hybridized carbons (Fsp3) is 1.00. The van der Waals surface area contributed by atoms with E-state index in [4.69, 9.17) is 0 Å². The van der Waals surface area contributed by atoms with Gasteiger partial charge in [-0.05, 0) is 32.7 Å². The monoisotopic (exact) mass is 254 g/mol. The van der Waals surface area contributed by atoms with Crippen molar-refractivity contribution in [2.24, 2.45) is 0 Å². The molecule has 0 spiro atoms. The Labute approximate surface area is 115 Å². The van der Waals surface area contributed by atoms with Crippen LogP contribution in [0.2, 0.25) is 0 Å². The first-order valence-corrected chi connectivity index (χ1v) is 8.23. The molecule has 1 heterocycles. The van der Waals surface area contributed by atoms with E-state index >= 15 is 0 Å². The van der Waals surface area contributed by atoms with Gasteiger partial charge < -0.3 is 5.32 Å². The Balaban J connectivity index is 2.47. The summed E-state index contributed by atoms with van der Waals surface area (Å²) in [5, 5.41) is 3.72. The van der Waals surface area contributed by atoms with Crippen LogP contribution in [0.4, 0.5) is 0 Å². The summed E-state index contributed by atoms with van der Waals surface area (Å²) >= 11 is 0. The van der Waals surface area contributed by atoms with Crippen LogP contribution in [0.15, 0.2) is 0 Å². The second-order valence-corrected chi connectivity index (χ2v) is 5.91. The highest BCUT2D eigenvalue weighted by molar-refractivity contribution is 4.91. The van der Waals surface area contributed by atoms with E-state index in [1.165, 1.54) is 58.0 Å². The fourth-order valence-electron chi connectivity index (χ4n) is 3.40. The van der Waals surface area contributed by atoms with Crippen LogP contribution >= 0.6 is 0 Å². The second kappa shape index (κ2) is 8.92. The predicted molar refractivity (Wildman–Crippen MR) is 81.1 cm³/mol. The molecule has 1 aliphatic rings. The van der Waals surface area contributed by atoms with E-state index in [9.17, 15) is 0 Å². The van der Waals surface area contributed by atoms with E-state index in [0.29, 0.717) is 6.04 Å². The molecule has 18 heavy (non-hydrogen) atoms. The van der Waals surface area contributed by atoms with Gasteiger partial charge in [-0.2, -0.15) is 0 Å². The predicted octanol–water partition coefficient (Wildman–Crippen LogP) is 3.81. The maximum atomic E-state index is 3.72. The van der Waals surface area contributed by atoms with E-state index in [1.807, 2.05) is 0 Å². The lowest BCUT2D eigenvalue weighted by molar-refractivity contribution is 0.0593. The summed E-state index contributed by atoms with van der Waals surface area (Å²) in [4.78, 5) is 2.80. The Morgan fingerprint density at radius 1 is 1.06 bits per heavy atom. The van der Waals surface area contributed by atoms with Crippen LogP contribution in [0, 0.1) is 0 Å². The summed E-state index contributed by atoms with van der Waals surface area (Å²) in [6.45, 7) is 11.8. The molecule has 0 bridgehead atoms. The van der Waals surface area contributed by atoms with Gasteiger partial charge in [0.2, 0.25) is 0 Å². The number of hydrogen-bond donors (Lipinski definition) is 1. The summed E-state index contributed by atoms with van der Waals surface area (Å²) in [6.07, 6.45) is 9.52. The van der Waals surface area contributed by atoms with Crippen LogP contribution in [-0.4, -0.2) is 36.1 Å². The normalized spacial score (nSPS) is 29.7. The maximum Gasteiger partial charge on any atom is 0.0247 e. The molecule has 1 aliphatic heterocycles. The average Bonchev–Trinajstić information content (AvgIpc) is 2.37. The van der Waals surface area contributed by atoms with Crippen molar-refractivity contribution in [2.45, 2.75) is 90.8 Å². The summed E-state index contributed by atoms with van der Waals surface area (Å²) in [6, 6.07) is 2.19. The van der Waals surface area contributed by atoms with Crippen molar-refractivity contribution in [2.75, 3.05) is 13.1 Å². The van der Waals surface area contributed by atoms with Crippen LogP contribution in [0.5, 0.6) is 0 Å². The molecule has 3 unspecified atom stereocenters. The van der Waals surface area contributed by atoms with Gasteiger partial charge in [0.15, 0.2) is 0 Å². The highest BCUT2D eigenvalue weighted by Gasteiger charge is 2.32. The maximum absolute atomic E-state index is 3.72. The molecule has 2 nitrogen and oxygen atoms in total. The summed E-state index contributed by atoms with van der Waals surface area (Å²) in [5.41, 5.74) is 0. The van der Waals surface area contributed by atoms with Gasteiger partial charge in [-0.3, -0.25) is 4.90 Å². The SMILES string of the molecule is CCCCCCC1CNC(C)C(CC)N1CCC. The van der Waals surface area contributed by atoms with Crippen molar-refractivity contribution in [1.82, 2.24) is 10.2 Å². The first-order chi connectivity index (χ1) is 8.74. The van der Waals surface area contributed by atoms with Gasteiger partial charge >= 0.3 is 0 Å². The highest BCUT2D eigenvalue weighted by atomic mass is 15.3. The lowest BCUT2D eigenvalue weighted by atomic mass is 9.95. The van der Waals surface area contributed by atoms with E-state index in [0.717, 1.165) is 12.1 Å². The van der Waals surface area contributed by atoms with Crippen molar-refractivity contribution in [3.05, 3.63) is 0 Å². The van der Waals surface area contributed by atoms with Crippen LogP contribution < -0.4 is 5.32 Å². The van der Waals surface area contributed by atoms with Crippen LogP contribution in [-0.2, 0) is 0 Å². The third kappa shape index (κ3) is 4.55. The number of unbranched alkanes of at least 4 members (excludes halogenated alkanes) is 3. The Morgan fingerprint density at radius 2 is 1.83 bits per heavy atom. The fourth-order valence-corrected chi connectivity index (χ4v) is 3.40. The zero-order valence-corrected chi connectivity index (χ0v) is 13.0. The second-order valence-electron chi connectivity index (χ2n) is 5.91. The molecule has 1 fully saturated rings. The van der Waals surface area contributed by atoms with E-state index in [2.05, 4.69) is 37.9 Å². The van der Waals surface area contributed by atoms with E-state index in [1.54, 1.807) is 0 Å². The van der Waals surface area contributed by atoms with E-state index < -0.39 is 0 Å². The minimum atomic E-state index is 0.661. The Kier molecular flexibility index (Phi) is 7.92. The molecule has 1 saturated heterocycles. The lowest BCUT2D eigenvalue weighted by Crippen LogP contribution is -2.61. The standard InChI is InChI=1S/C16H34N2/c1-5-8-9-10-11-15-13-17-14(4)16(7-3)18(15)12-6-2/h14-17H,5-13H2,1-4H3. The molecular weight excluding hydrogens is 220 g/mol. The molecule has 0 aliphatic carbocycles. The molecular formula is C16H34N2. The van der Waals surface area contributed by atoms with Crippen molar-refractivity contribution in [3.8, 4) is 0 Å². The summed E-state index contributed by atoms with van der Waals surface area (Å²) in [7, 11) is 0. The number of piperazine rings is 1. The number of nitrogens with one attached hydrogen (secondary N) is 1. The van der Waals surface area contributed by atoms with Crippen LogP contribution in [0.25, 0.3) is 0 Å². The molecule has 1 rings (SSSR count). The highest BCUT2D eigenvalue weighted by Crippen LogP contribution is 2.22. The topological polar surface area (TPSA) is 15.3 Å².